The summed E-state index contributed by atoms with van der Waals surface area (Å²) in [6.07, 6.45) is 0. The Hall–Kier alpha value is -1.74. The summed E-state index contributed by atoms with van der Waals surface area (Å²) in [5.41, 5.74) is 3.62. The molecule has 0 amide bonds. The lowest BCUT2D eigenvalue weighted by atomic mass is 10.1. The van der Waals surface area contributed by atoms with Crippen LogP contribution in [0.15, 0.2) is 46.2 Å². The molecule has 1 N–H and O–H groups in total. The topological polar surface area (TPSA) is 37.3 Å². The van der Waals surface area contributed by atoms with E-state index in [0.29, 0.717) is 5.56 Å². The van der Waals surface area contributed by atoms with Gasteiger partial charge >= 0.3 is 5.97 Å². The van der Waals surface area contributed by atoms with Crippen molar-refractivity contribution in [2.45, 2.75) is 30.6 Å². The van der Waals surface area contributed by atoms with Crippen molar-refractivity contribution in [2.24, 2.45) is 0 Å². The summed E-state index contributed by atoms with van der Waals surface area (Å²) in [6.45, 7) is 5.99. The number of carbonyl (C=O) groups is 1. The van der Waals surface area contributed by atoms with Crippen LogP contribution in [0.25, 0.3) is 0 Å². The molecule has 2 aromatic rings. The lowest BCUT2D eigenvalue weighted by molar-refractivity contribution is 0.0696. The minimum absolute atomic E-state index is 0.366. The van der Waals surface area contributed by atoms with Gasteiger partial charge < -0.3 is 5.11 Å². The third kappa shape index (κ3) is 3.18. The lowest BCUT2D eigenvalue weighted by Gasteiger charge is -2.08. The molecule has 98 valence electrons. The van der Waals surface area contributed by atoms with Crippen molar-refractivity contribution in [3.8, 4) is 0 Å². The maximum absolute atomic E-state index is 11.0. The van der Waals surface area contributed by atoms with Gasteiger partial charge in [0, 0.05) is 9.79 Å². The number of aromatic carboxylic acids is 1. The van der Waals surface area contributed by atoms with E-state index in [1.54, 1.807) is 17.8 Å². The molecule has 0 saturated carbocycles. The fourth-order valence-corrected chi connectivity index (χ4v) is 2.98. The number of hydrogen-bond donors (Lipinski definition) is 1. The molecule has 19 heavy (non-hydrogen) atoms. The highest BCUT2D eigenvalue weighted by atomic mass is 32.2. The second-order valence-electron chi connectivity index (χ2n) is 4.65. The molecule has 0 unspecified atom stereocenters. The van der Waals surface area contributed by atoms with E-state index >= 15 is 0 Å². The minimum Gasteiger partial charge on any atom is -0.478 e. The molecule has 0 bridgehead atoms. The standard InChI is InChI=1S/C16H16O2S/c1-10-4-5-11(2)15(8-10)19-13-6-7-14(16(17)18)12(3)9-13/h4-9H,1-3H3,(H,17,18). The molecule has 0 spiro atoms. The summed E-state index contributed by atoms with van der Waals surface area (Å²) in [5, 5.41) is 9.02. The zero-order valence-corrected chi connectivity index (χ0v) is 12.0. The quantitative estimate of drug-likeness (QED) is 0.896. The van der Waals surface area contributed by atoms with Gasteiger partial charge in [-0.15, -0.1) is 0 Å². The molecule has 2 aromatic carbocycles. The van der Waals surface area contributed by atoms with E-state index in [9.17, 15) is 4.79 Å². The zero-order valence-electron chi connectivity index (χ0n) is 11.2. The fourth-order valence-electron chi connectivity index (χ4n) is 1.88. The van der Waals surface area contributed by atoms with Crippen LogP contribution < -0.4 is 0 Å². The lowest BCUT2D eigenvalue weighted by Crippen LogP contribution is -1.99. The van der Waals surface area contributed by atoms with Gasteiger partial charge in [0.15, 0.2) is 0 Å². The third-order valence-electron chi connectivity index (χ3n) is 3.00. The van der Waals surface area contributed by atoms with Crippen molar-refractivity contribution in [2.75, 3.05) is 0 Å². The van der Waals surface area contributed by atoms with Crippen LogP contribution in [0.5, 0.6) is 0 Å². The summed E-state index contributed by atoms with van der Waals surface area (Å²) in [4.78, 5) is 13.3. The van der Waals surface area contributed by atoms with E-state index in [1.807, 2.05) is 19.1 Å². The van der Waals surface area contributed by atoms with Crippen molar-refractivity contribution in [3.63, 3.8) is 0 Å². The summed E-state index contributed by atoms with van der Waals surface area (Å²) in [5.74, 6) is -0.874. The van der Waals surface area contributed by atoms with Gasteiger partial charge in [0.25, 0.3) is 0 Å². The smallest absolute Gasteiger partial charge is 0.335 e. The number of hydrogen-bond acceptors (Lipinski definition) is 2. The Bertz CT molecular complexity index is 633. The first-order valence-electron chi connectivity index (χ1n) is 6.06. The largest absolute Gasteiger partial charge is 0.478 e. The molecule has 3 heteroatoms. The average Bonchev–Trinajstić information content (AvgIpc) is 2.33. The van der Waals surface area contributed by atoms with Gasteiger partial charge in [0.2, 0.25) is 0 Å². The second-order valence-corrected chi connectivity index (χ2v) is 5.77. The molecule has 0 atom stereocenters. The Morgan fingerprint density at radius 2 is 1.74 bits per heavy atom. The Balaban J connectivity index is 2.31. The van der Waals surface area contributed by atoms with E-state index in [1.165, 1.54) is 16.0 Å². The molecule has 0 heterocycles. The Morgan fingerprint density at radius 3 is 2.37 bits per heavy atom. The first-order chi connectivity index (χ1) is 8.97. The van der Waals surface area contributed by atoms with E-state index in [2.05, 4.69) is 32.0 Å². The molecule has 0 aliphatic heterocycles. The molecule has 0 radical (unpaired) electrons. The molecule has 0 saturated heterocycles. The van der Waals surface area contributed by atoms with Crippen LogP contribution in [0, 0.1) is 20.8 Å². The van der Waals surface area contributed by atoms with Crippen LogP contribution in [0.2, 0.25) is 0 Å². The van der Waals surface area contributed by atoms with Gasteiger partial charge in [-0.3, -0.25) is 0 Å². The molecular weight excluding hydrogens is 256 g/mol. The highest BCUT2D eigenvalue weighted by Crippen LogP contribution is 2.32. The van der Waals surface area contributed by atoms with Gasteiger partial charge in [-0.2, -0.15) is 0 Å². The summed E-state index contributed by atoms with van der Waals surface area (Å²) in [7, 11) is 0. The average molecular weight is 272 g/mol. The molecule has 0 fully saturated rings. The number of aryl methyl sites for hydroxylation is 3. The number of carboxylic acid groups (broad SMARTS) is 1. The van der Waals surface area contributed by atoms with Gasteiger partial charge in [0.05, 0.1) is 5.56 Å². The number of rotatable bonds is 3. The SMILES string of the molecule is Cc1ccc(C)c(Sc2ccc(C(=O)O)c(C)c2)c1. The predicted molar refractivity (Wildman–Crippen MR) is 78.2 cm³/mol. The van der Waals surface area contributed by atoms with Crippen molar-refractivity contribution in [1.29, 1.82) is 0 Å². The highest BCUT2D eigenvalue weighted by Gasteiger charge is 2.08. The van der Waals surface area contributed by atoms with Crippen LogP contribution in [0.3, 0.4) is 0 Å². The first kappa shape index (κ1) is 13.7. The first-order valence-corrected chi connectivity index (χ1v) is 6.88. The van der Waals surface area contributed by atoms with Crippen molar-refractivity contribution in [1.82, 2.24) is 0 Å². The molecule has 0 aliphatic carbocycles. The molecule has 2 rings (SSSR count). The number of carboxylic acids is 1. The maximum Gasteiger partial charge on any atom is 0.335 e. The minimum atomic E-state index is -0.874. The molecule has 2 nitrogen and oxygen atoms in total. The van der Waals surface area contributed by atoms with E-state index in [-0.39, 0.29) is 0 Å². The summed E-state index contributed by atoms with van der Waals surface area (Å²) < 4.78 is 0. The van der Waals surface area contributed by atoms with Crippen LogP contribution in [-0.2, 0) is 0 Å². The van der Waals surface area contributed by atoms with Gasteiger partial charge in [-0.25, -0.2) is 4.79 Å². The summed E-state index contributed by atoms with van der Waals surface area (Å²) in [6, 6.07) is 11.8. The Labute approximate surface area is 117 Å². The van der Waals surface area contributed by atoms with Gasteiger partial charge in [-0.1, -0.05) is 23.9 Å². The normalized spacial score (nSPS) is 10.5. The Morgan fingerprint density at radius 1 is 1.00 bits per heavy atom. The van der Waals surface area contributed by atoms with E-state index < -0.39 is 5.97 Å². The van der Waals surface area contributed by atoms with Crippen LogP contribution in [0.4, 0.5) is 0 Å². The van der Waals surface area contributed by atoms with Crippen LogP contribution >= 0.6 is 11.8 Å². The Kier molecular flexibility index (Phi) is 3.96. The fraction of sp³-hybridized carbons (Fsp3) is 0.188. The molecule has 0 aliphatic rings. The van der Waals surface area contributed by atoms with Crippen LogP contribution in [-0.4, -0.2) is 11.1 Å². The third-order valence-corrected chi connectivity index (χ3v) is 4.15. The van der Waals surface area contributed by atoms with Crippen molar-refractivity contribution < 1.29 is 9.90 Å². The maximum atomic E-state index is 11.0. The summed E-state index contributed by atoms with van der Waals surface area (Å²) >= 11 is 1.67. The van der Waals surface area contributed by atoms with E-state index in [0.717, 1.165) is 10.5 Å². The van der Waals surface area contributed by atoms with E-state index in [4.69, 9.17) is 5.11 Å². The predicted octanol–water partition coefficient (Wildman–Crippen LogP) is 4.46. The highest BCUT2D eigenvalue weighted by molar-refractivity contribution is 7.99. The van der Waals surface area contributed by atoms with Gasteiger partial charge in [-0.05, 0) is 61.7 Å². The monoisotopic (exact) mass is 272 g/mol. The zero-order chi connectivity index (χ0) is 14.0. The van der Waals surface area contributed by atoms with Crippen molar-refractivity contribution in [3.05, 3.63) is 58.7 Å². The molecule has 0 aromatic heterocycles. The van der Waals surface area contributed by atoms with Crippen LogP contribution in [0.1, 0.15) is 27.0 Å². The number of benzene rings is 2. The molecular formula is C16H16O2S. The van der Waals surface area contributed by atoms with Gasteiger partial charge in [0.1, 0.15) is 0 Å². The second kappa shape index (κ2) is 5.49. The van der Waals surface area contributed by atoms with Crippen molar-refractivity contribution >= 4 is 17.7 Å².